The van der Waals surface area contributed by atoms with Gasteiger partial charge in [-0.25, -0.2) is 4.98 Å². The highest BCUT2D eigenvalue weighted by Gasteiger charge is 2.02. The predicted molar refractivity (Wildman–Crippen MR) is 50.4 cm³/mol. The fourth-order valence-corrected chi connectivity index (χ4v) is 1.49. The minimum Gasteiger partial charge on any atom is -0.462 e. The number of furan rings is 1. The van der Waals surface area contributed by atoms with Gasteiger partial charge < -0.3 is 4.42 Å². The first kappa shape index (κ1) is 6.66. The SMILES string of the molecule is [c]1nc2ccoc2c2ccccc12. The molecule has 0 aliphatic rings. The molecular formula is C11H6NO. The zero-order valence-corrected chi connectivity index (χ0v) is 6.82. The molecule has 1 radical (unpaired) electrons. The molecule has 0 saturated carbocycles. The van der Waals surface area contributed by atoms with Crippen molar-refractivity contribution in [3.8, 4) is 0 Å². The molecule has 2 heterocycles. The van der Waals surface area contributed by atoms with Crippen molar-refractivity contribution >= 4 is 21.9 Å². The van der Waals surface area contributed by atoms with Crippen molar-refractivity contribution in [2.75, 3.05) is 0 Å². The topological polar surface area (TPSA) is 26.0 Å². The third-order valence-electron chi connectivity index (χ3n) is 2.11. The Hall–Kier alpha value is -1.83. The van der Waals surface area contributed by atoms with Crippen LogP contribution in [-0.2, 0) is 0 Å². The van der Waals surface area contributed by atoms with Crippen molar-refractivity contribution in [1.82, 2.24) is 4.98 Å². The van der Waals surface area contributed by atoms with E-state index in [-0.39, 0.29) is 0 Å². The second-order valence-corrected chi connectivity index (χ2v) is 2.90. The van der Waals surface area contributed by atoms with E-state index in [4.69, 9.17) is 4.42 Å². The van der Waals surface area contributed by atoms with Crippen molar-refractivity contribution in [3.05, 3.63) is 42.8 Å². The van der Waals surface area contributed by atoms with Gasteiger partial charge in [0.1, 0.15) is 5.52 Å². The van der Waals surface area contributed by atoms with Crippen LogP contribution in [0.25, 0.3) is 21.9 Å². The molecule has 0 unspecified atom stereocenters. The second-order valence-electron chi connectivity index (χ2n) is 2.90. The summed E-state index contributed by atoms with van der Waals surface area (Å²) in [7, 11) is 0. The summed E-state index contributed by atoms with van der Waals surface area (Å²) < 4.78 is 5.35. The van der Waals surface area contributed by atoms with Gasteiger partial charge in [0.15, 0.2) is 5.58 Å². The van der Waals surface area contributed by atoms with Gasteiger partial charge in [-0.2, -0.15) is 0 Å². The summed E-state index contributed by atoms with van der Waals surface area (Å²) in [5.41, 5.74) is 1.70. The molecule has 2 aromatic heterocycles. The van der Waals surface area contributed by atoms with Gasteiger partial charge in [0, 0.05) is 16.8 Å². The van der Waals surface area contributed by atoms with Crippen LogP contribution in [0.2, 0.25) is 0 Å². The van der Waals surface area contributed by atoms with Crippen LogP contribution in [0.4, 0.5) is 0 Å². The van der Waals surface area contributed by atoms with Crippen molar-refractivity contribution in [3.63, 3.8) is 0 Å². The fraction of sp³-hybridized carbons (Fsp3) is 0. The van der Waals surface area contributed by atoms with Crippen LogP contribution in [0, 0.1) is 6.20 Å². The Balaban J connectivity index is 2.65. The normalized spacial score (nSPS) is 11.1. The van der Waals surface area contributed by atoms with Crippen LogP contribution in [0.1, 0.15) is 0 Å². The Bertz CT molecular complexity index is 568. The van der Waals surface area contributed by atoms with E-state index in [1.165, 1.54) is 0 Å². The number of hydrogen-bond acceptors (Lipinski definition) is 2. The molecule has 3 aromatic rings. The Morgan fingerprint density at radius 2 is 2.08 bits per heavy atom. The van der Waals surface area contributed by atoms with E-state index in [1.54, 1.807) is 6.26 Å². The zero-order valence-electron chi connectivity index (χ0n) is 6.82. The maximum absolute atomic E-state index is 5.35. The lowest BCUT2D eigenvalue weighted by Gasteiger charge is -1.95. The zero-order chi connectivity index (χ0) is 8.67. The van der Waals surface area contributed by atoms with Crippen molar-refractivity contribution < 1.29 is 4.42 Å². The van der Waals surface area contributed by atoms with E-state index in [0.29, 0.717) is 0 Å². The van der Waals surface area contributed by atoms with E-state index in [0.717, 1.165) is 21.9 Å². The third kappa shape index (κ3) is 0.855. The Labute approximate surface area is 74.8 Å². The molecule has 0 atom stereocenters. The highest BCUT2D eigenvalue weighted by atomic mass is 16.3. The van der Waals surface area contributed by atoms with E-state index in [1.807, 2.05) is 30.3 Å². The molecule has 2 nitrogen and oxygen atoms in total. The number of benzene rings is 1. The van der Waals surface area contributed by atoms with Crippen LogP contribution >= 0.6 is 0 Å². The van der Waals surface area contributed by atoms with Crippen LogP contribution in [0.15, 0.2) is 41.0 Å². The number of aromatic nitrogens is 1. The lowest BCUT2D eigenvalue weighted by molar-refractivity contribution is 0.619. The summed E-state index contributed by atoms with van der Waals surface area (Å²) in [6, 6.07) is 9.79. The standard InChI is InChI=1S/C11H6NO/c1-2-4-9-8(3-1)7-12-10-5-6-13-11(9)10/h1-6H. The molecule has 0 spiro atoms. The number of nitrogens with zero attached hydrogens (tertiary/aromatic N) is 1. The van der Waals surface area contributed by atoms with Gasteiger partial charge in [-0.3, -0.25) is 0 Å². The molecule has 0 amide bonds. The van der Waals surface area contributed by atoms with Gasteiger partial charge in [0.05, 0.1) is 12.5 Å². The van der Waals surface area contributed by atoms with Crippen molar-refractivity contribution in [2.24, 2.45) is 0 Å². The van der Waals surface area contributed by atoms with Gasteiger partial charge in [-0.1, -0.05) is 24.3 Å². The van der Waals surface area contributed by atoms with Crippen molar-refractivity contribution in [1.29, 1.82) is 0 Å². The van der Waals surface area contributed by atoms with Crippen molar-refractivity contribution in [2.45, 2.75) is 0 Å². The molecule has 0 aliphatic heterocycles. The van der Waals surface area contributed by atoms with E-state index < -0.39 is 0 Å². The second kappa shape index (κ2) is 2.33. The summed E-state index contributed by atoms with van der Waals surface area (Å²) in [4.78, 5) is 4.15. The number of hydrogen-bond donors (Lipinski definition) is 0. The molecule has 0 aliphatic carbocycles. The Kier molecular flexibility index (Phi) is 1.19. The van der Waals surface area contributed by atoms with E-state index >= 15 is 0 Å². The molecule has 3 rings (SSSR count). The van der Waals surface area contributed by atoms with Crippen LogP contribution in [0.5, 0.6) is 0 Å². The highest BCUT2D eigenvalue weighted by molar-refractivity contribution is 6.01. The minimum atomic E-state index is 0.842. The number of fused-ring (bicyclic) bond motifs is 3. The Morgan fingerprint density at radius 1 is 1.15 bits per heavy atom. The Morgan fingerprint density at radius 3 is 3.08 bits per heavy atom. The largest absolute Gasteiger partial charge is 0.462 e. The maximum Gasteiger partial charge on any atom is 0.160 e. The molecular weight excluding hydrogens is 162 g/mol. The first-order valence-electron chi connectivity index (χ1n) is 4.09. The molecule has 0 N–H and O–H groups in total. The average Bonchev–Trinajstić information content (AvgIpc) is 2.65. The molecule has 0 saturated heterocycles. The molecule has 0 bridgehead atoms. The van der Waals surface area contributed by atoms with Crippen LogP contribution < -0.4 is 0 Å². The van der Waals surface area contributed by atoms with Gasteiger partial charge in [-0.05, 0) is 0 Å². The third-order valence-corrected chi connectivity index (χ3v) is 2.11. The molecule has 13 heavy (non-hydrogen) atoms. The summed E-state index contributed by atoms with van der Waals surface area (Å²) in [5.74, 6) is 0. The van der Waals surface area contributed by atoms with E-state index in [9.17, 15) is 0 Å². The van der Waals surface area contributed by atoms with Gasteiger partial charge in [0.2, 0.25) is 0 Å². The molecule has 2 heteroatoms. The molecule has 1 aromatic carbocycles. The first-order valence-corrected chi connectivity index (χ1v) is 4.09. The fourth-order valence-electron chi connectivity index (χ4n) is 1.49. The summed E-state index contributed by atoms with van der Waals surface area (Å²) in [6.45, 7) is 0. The molecule has 0 fully saturated rings. The lowest BCUT2D eigenvalue weighted by atomic mass is 10.1. The average molecular weight is 168 g/mol. The van der Waals surface area contributed by atoms with Crippen LogP contribution in [0.3, 0.4) is 0 Å². The van der Waals surface area contributed by atoms with E-state index in [2.05, 4.69) is 11.2 Å². The summed E-state index contributed by atoms with van der Waals surface area (Å²) >= 11 is 0. The number of rotatable bonds is 0. The van der Waals surface area contributed by atoms with Crippen LogP contribution in [-0.4, -0.2) is 4.98 Å². The van der Waals surface area contributed by atoms with Gasteiger partial charge in [-0.15, -0.1) is 0 Å². The number of pyridine rings is 1. The van der Waals surface area contributed by atoms with Gasteiger partial charge >= 0.3 is 0 Å². The summed E-state index contributed by atoms with van der Waals surface area (Å²) in [5, 5.41) is 2.06. The summed E-state index contributed by atoms with van der Waals surface area (Å²) in [6.07, 6.45) is 4.62. The monoisotopic (exact) mass is 168 g/mol. The first-order chi connectivity index (χ1) is 6.45. The lowest BCUT2D eigenvalue weighted by Crippen LogP contribution is -1.77. The van der Waals surface area contributed by atoms with Gasteiger partial charge in [0.25, 0.3) is 0 Å². The highest BCUT2D eigenvalue weighted by Crippen LogP contribution is 2.22. The molecule has 61 valence electrons. The minimum absolute atomic E-state index is 0.842. The maximum atomic E-state index is 5.35. The predicted octanol–water partition coefficient (Wildman–Crippen LogP) is 2.78. The quantitative estimate of drug-likeness (QED) is 0.515. The smallest absolute Gasteiger partial charge is 0.160 e.